The number of hydrogen-bond acceptors (Lipinski definition) is 5. The number of aromatic nitrogens is 3. The average Bonchev–Trinajstić information content (AvgIpc) is 3.43. The highest BCUT2D eigenvalue weighted by molar-refractivity contribution is 5.79. The molecule has 2 aromatic rings. The standard InChI is InChI=1S/C22H34N6O2/c1-4-21-27-26-16-28(21)11-10-24-22(23-5-2)25-14-18-9-8-17(3)13-20(18)30-15-19-7-6-12-29-19/h8-9,13,16,19H,4-7,10-12,14-15H2,1-3H3,(H2,23,24,25). The molecule has 1 aromatic carbocycles. The quantitative estimate of drug-likeness (QED) is 0.459. The summed E-state index contributed by atoms with van der Waals surface area (Å²) in [6.07, 6.45) is 5.03. The van der Waals surface area contributed by atoms with E-state index in [1.807, 2.05) is 0 Å². The Morgan fingerprint density at radius 2 is 2.23 bits per heavy atom. The van der Waals surface area contributed by atoms with Crippen LogP contribution in [0.5, 0.6) is 5.75 Å². The minimum Gasteiger partial charge on any atom is -0.491 e. The smallest absolute Gasteiger partial charge is 0.191 e. The number of rotatable bonds is 10. The van der Waals surface area contributed by atoms with Gasteiger partial charge >= 0.3 is 0 Å². The molecule has 1 aliphatic rings. The zero-order valence-electron chi connectivity index (χ0n) is 18.4. The highest BCUT2D eigenvalue weighted by Gasteiger charge is 2.17. The fourth-order valence-corrected chi connectivity index (χ4v) is 3.43. The lowest BCUT2D eigenvalue weighted by Crippen LogP contribution is -2.39. The Bertz CT molecular complexity index is 814. The van der Waals surface area contributed by atoms with Gasteiger partial charge in [-0.25, -0.2) is 4.99 Å². The van der Waals surface area contributed by atoms with Crippen LogP contribution in [0.25, 0.3) is 0 Å². The summed E-state index contributed by atoms with van der Waals surface area (Å²) in [5.74, 6) is 2.67. The highest BCUT2D eigenvalue weighted by Crippen LogP contribution is 2.23. The van der Waals surface area contributed by atoms with Gasteiger partial charge in [0.2, 0.25) is 0 Å². The number of hydrogen-bond donors (Lipinski definition) is 2. The van der Waals surface area contributed by atoms with Crippen LogP contribution in [-0.2, 0) is 24.2 Å². The van der Waals surface area contributed by atoms with Gasteiger partial charge in [0.05, 0.1) is 12.6 Å². The van der Waals surface area contributed by atoms with E-state index in [2.05, 4.69) is 64.4 Å². The van der Waals surface area contributed by atoms with Crippen LogP contribution in [-0.4, -0.2) is 53.1 Å². The molecular weight excluding hydrogens is 380 g/mol. The van der Waals surface area contributed by atoms with Crippen molar-refractivity contribution in [3.63, 3.8) is 0 Å². The first-order valence-corrected chi connectivity index (χ1v) is 10.9. The summed E-state index contributed by atoms with van der Waals surface area (Å²) in [5, 5.41) is 14.8. The molecule has 30 heavy (non-hydrogen) atoms. The van der Waals surface area contributed by atoms with E-state index in [0.717, 1.165) is 68.6 Å². The van der Waals surface area contributed by atoms with Crippen LogP contribution in [0.3, 0.4) is 0 Å². The molecule has 0 amide bonds. The van der Waals surface area contributed by atoms with Crippen LogP contribution in [0.15, 0.2) is 29.5 Å². The summed E-state index contributed by atoms with van der Waals surface area (Å²) in [4.78, 5) is 4.76. The molecule has 0 bridgehead atoms. The molecule has 0 spiro atoms. The SMILES string of the molecule is CCNC(=NCc1ccc(C)cc1OCC1CCCO1)NCCn1cnnc1CC. The monoisotopic (exact) mass is 414 g/mol. The maximum atomic E-state index is 6.10. The summed E-state index contributed by atoms with van der Waals surface area (Å²) in [7, 11) is 0. The zero-order chi connectivity index (χ0) is 21.2. The van der Waals surface area contributed by atoms with Crippen LogP contribution in [0.4, 0.5) is 0 Å². The summed E-state index contributed by atoms with van der Waals surface area (Å²) in [6, 6.07) is 6.28. The Hall–Kier alpha value is -2.61. The molecule has 1 saturated heterocycles. The van der Waals surface area contributed by atoms with Gasteiger partial charge in [-0.15, -0.1) is 10.2 Å². The van der Waals surface area contributed by atoms with Crippen molar-refractivity contribution >= 4 is 5.96 Å². The van der Waals surface area contributed by atoms with E-state index in [9.17, 15) is 0 Å². The van der Waals surface area contributed by atoms with Crippen LogP contribution < -0.4 is 15.4 Å². The maximum absolute atomic E-state index is 6.10. The van der Waals surface area contributed by atoms with Gasteiger partial charge in [0.15, 0.2) is 5.96 Å². The predicted octanol–water partition coefficient (Wildman–Crippen LogP) is 2.46. The Morgan fingerprint density at radius 1 is 1.33 bits per heavy atom. The number of nitrogens with zero attached hydrogens (tertiary/aromatic N) is 4. The van der Waals surface area contributed by atoms with Gasteiger partial charge in [0.1, 0.15) is 24.5 Å². The fraction of sp³-hybridized carbons (Fsp3) is 0.591. The van der Waals surface area contributed by atoms with E-state index in [0.29, 0.717) is 13.2 Å². The minimum absolute atomic E-state index is 0.200. The lowest BCUT2D eigenvalue weighted by atomic mass is 10.1. The number of benzene rings is 1. The molecule has 164 valence electrons. The van der Waals surface area contributed by atoms with Crippen molar-refractivity contribution in [3.8, 4) is 5.75 Å². The first-order valence-electron chi connectivity index (χ1n) is 10.9. The van der Waals surface area contributed by atoms with Crippen molar-refractivity contribution in [1.29, 1.82) is 0 Å². The van der Waals surface area contributed by atoms with Crippen molar-refractivity contribution in [2.45, 2.75) is 59.2 Å². The zero-order valence-corrected chi connectivity index (χ0v) is 18.4. The Balaban J connectivity index is 1.58. The molecule has 0 radical (unpaired) electrons. The third-order valence-electron chi connectivity index (χ3n) is 5.08. The number of guanidine groups is 1. The fourth-order valence-electron chi connectivity index (χ4n) is 3.43. The van der Waals surface area contributed by atoms with E-state index in [1.54, 1.807) is 6.33 Å². The second-order valence-electron chi connectivity index (χ2n) is 7.47. The van der Waals surface area contributed by atoms with Crippen LogP contribution >= 0.6 is 0 Å². The molecule has 2 N–H and O–H groups in total. The van der Waals surface area contributed by atoms with Crippen LogP contribution in [0.2, 0.25) is 0 Å². The second-order valence-corrected chi connectivity index (χ2v) is 7.47. The van der Waals surface area contributed by atoms with E-state index in [-0.39, 0.29) is 6.10 Å². The Labute approximate surface area is 179 Å². The third-order valence-corrected chi connectivity index (χ3v) is 5.08. The molecule has 1 aliphatic heterocycles. The van der Waals surface area contributed by atoms with Crippen molar-refractivity contribution in [1.82, 2.24) is 25.4 Å². The third kappa shape index (κ3) is 6.45. The lowest BCUT2D eigenvalue weighted by Gasteiger charge is -2.16. The van der Waals surface area contributed by atoms with E-state index >= 15 is 0 Å². The van der Waals surface area contributed by atoms with Gasteiger partial charge in [0, 0.05) is 38.2 Å². The Morgan fingerprint density at radius 3 is 3.00 bits per heavy atom. The topological polar surface area (TPSA) is 85.6 Å². The molecular formula is C22H34N6O2. The second kappa shape index (κ2) is 11.5. The minimum atomic E-state index is 0.200. The molecule has 1 unspecified atom stereocenters. The summed E-state index contributed by atoms with van der Waals surface area (Å²) in [5.41, 5.74) is 2.25. The highest BCUT2D eigenvalue weighted by atomic mass is 16.5. The number of ether oxygens (including phenoxy) is 2. The number of aryl methyl sites for hydroxylation is 2. The predicted molar refractivity (Wildman–Crippen MR) is 118 cm³/mol. The van der Waals surface area contributed by atoms with E-state index in [1.165, 1.54) is 5.56 Å². The normalized spacial score (nSPS) is 16.6. The molecule has 0 saturated carbocycles. The number of aliphatic imine (C=N–C) groups is 1. The molecule has 3 rings (SSSR count). The van der Waals surface area contributed by atoms with Gasteiger partial charge in [0.25, 0.3) is 0 Å². The van der Waals surface area contributed by atoms with Crippen LogP contribution in [0.1, 0.15) is 43.6 Å². The summed E-state index contributed by atoms with van der Waals surface area (Å²) >= 11 is 0. The molecule has 2 heterocycles. The van der Waals surface area contributed by atoms with Gasteiger partial charge < -0.3 is 24.7 Å². The van der Waals surface area contributed by atoms with Crippen molar-refractivity contribution < 1.29 is 9.47 Å². The molecule has 1 fully saturated rings. The van der Waals surface area contributed by atoms with Crippen molar-refractivity contribution in [2.75, 3.05) is 26.3 Å². The van der Waals surface area contributed by atoms with Gasteiger partial charge in [-0.1, -0.05) is 19.1 Å². The lowest BCUT2D eigenvalue weighted by molar-refractivity contribution is 0.0676. The van der Waals surface area contributed by atoms with Crippen molar-refractivity contribution in [3.05, 3.63) is 41.5 Å². The van der Waals surface area contributed by atoms with Gasteiger partial charge in [-0.3, -0.25) is 0 Å². The van der Waals surface area contributed by atoms with E-state index < -0.39 is 0 Å². The molecule has 8 heteroatoms. The first-order chi connectivity index (χ1) is 14.7. The van der Waals surface area contributed by atoms with E-state index in [4.69, 9.17) is 14.5 Å². The summed E-state index contributed by atoms with van der Waals surface area (Å²) < 4.78 is 13.8. The van der Waals surface area contributed by atoms with Crippen molar-refractivity contribution in [2.24, 2.45) is 4.99 Å². The number of nitrogens with one attached hydrogen (secondary N) is 2. The molecule has 8 nitrogen and oxygen atoms in total. The molecule has 0 aliphatic carbocycles. The maximum Gasteiger partial charge on any atom is 0.191 e. The largest absolute Gasteiger partial charge is 0.491 e. The van der Waals surface area contributed by atoms with Gasteiger partial charge in [-0.05, 0) is 38.3 Å². The average molecular weight is 415 g/mol. The Kier molecular flexibility index (Phi) is 8.50. The summed E-state index contributed by atoms with van der Waals surface area (Å²) in [6.45, 7) is 10.5. The molecule has 1 atom stereocenters. The first kappa shape index (κ1) is 22.1. The molecule has 1 aromatic heterocycles. The van der Waals surface area contributed by atoms with Crippen LogP contribution in [0, 0.1) is 6.92 Å². The van der Waals surface area contributed by atoms with Gasteiger partial charge in [-0.2, -0.15) is 0 Å².